The van der Waals surface area contributed by atoms with Gasteiger partial charge in [-0.2, -0.15) is 0 Å². The smallest absolute Gasteiger partial charge is 0.234 e. The number of hydrogen-bond acceptors (Lipinski definition) is 4. The Morgan fingerprint density at radius 3 is 2.33 bits per heavy atom. The number of phenols is 1. The first-order valence-corrected chi connectivity index (χ1v) is 9.55. The van der Waals surface area contributed by atoms with Gasteiger partial charge in [0.15, 0.2) is 0 Å². The van der Waals surface area contributed by atoms with Crippen LogP contribution in [0.15, 0.2) is 42.5 Å². The second-order valence-corrected chi connectivity index (χ2v) is 7.38. The molecule has 2 N–H and O–H groups in total. The number of carbonyl (C=O) groups excluding carboxylic acids is 1. The lowest BCUT2D eigenvalue weighted by Gasteiger charge is -2.34. The van der Waals surface area contributed by atoms with E-state index in [0.29, 0.717) is 18.8 Å². The molecule has 0 radical (unpaired) electrons. The standard InChI is InChI=1S/C22H29N3O2/c1-17-12-20(21(26)13-18(17)2)15-24-8-10-25(11-9-24)16-22(27)23-14-19-6-4-3-5-7-19/h3-7,12-13,26H,8-11,14-16H2,1-2H3,(H,23,27). The summed E-state index contributed by atoms with van der Waals surface area (Å²) in [5.41, 5.74) is 4.41. The van der Waals surface area contributed by atoms with Gasteiger partial charge in [0, 0.05) is 44.8 Å². The van der Waals surface area contributed by atoms with E-state index >= 15 is 0 Å². The first-order valence-electron chi connectivity index (χ1n) is 9.55. The second-order valence-electron chi connectivity index (χ2n) is 7.38. The number of amides is 1. The zero-order valence-corrected chi connectivity index (χ0v) is 16.2. The van der Waals surface area contributed by atoms with Crippen LogP contribution in [0.4, 0.5) is 0 Å². The first-order chi connectivity index (χ1) is 13.0. The summed E-state index contributed by atoms with van der Waals surface area (Å²) in [4.78, 5) is 16.7. The van der Waals surface area contributed by atoms with Crippen LogP contribution >= 0.6 is 0 Å². The normalized spacial score (nSPS) is 15.6. The summed E-state index contributed by atoms with van der Waals surface area (Å²) in [6, 6.07) is 13.9. The molecule has 0 unspecified atom stereocenters. The van der Waals surface area contributed by atoms with Crippen LogP contribution in [-0.4, -0.2) is 53.5 Å². The summed E-state index contributed by atoms with van der Waals surface area (Å²) >= 11 is 0. The highest BCUT2D eigenvalue weighted by atomic mass is 16.3. The molecular formula is C22H29N3O2. The molecule has 1 heterocycles. The SMILES string of the molecule is Cc1cc(O)c(CN2CCN(CC(=O)NCc3ccccc3)CC2)cc1C. The number of carbonyl (C=O) groups is 1. The third-order valence-electron chi connectivity index (χ3n) is 5.25. The van der Waals surface area contributed by atoms with Gasteiger partial charge in [0.2, 0.25) is 5.91 Å². The Kier molecular flexibility index (Phi) is 6.48. The van der Waals surface area contributed by atoms with E-state index < -0.39 is 0 Å². The van der Waals surface area contributed by atoms with Gasteiger partial charge in [0.05, 0.1) is 6.54 Å². The van der Waals surface area contributed by atoms with Crippen molar-refractivity contribution >= 4 is 5.91 Å². The van der Waals surface area contributed by atoms with Crippen LogP contribution in [0.3, 0.4) is 0 Å². The molecule has 27 heavy (non-hydrogen) atoms. The maximum absolute atomic E-state index is 12.2. The minimum Gasteiger partial charge on any atom is -0.508 e. The van der Waals surface area contributed by atoms with Gasteiger partial charge >= 0.3 is 0 Å². The predicted molar refractivity (Wildman–Crippen MR) is 108 cm³/mol. The zero-order valence-electron chi connectivity index (χ0n) is 16.2. The van der Waals surface area contributed by atoms with Gasteiger partial charge in [-0.1, -0.05) is 36.4 Å². The van der Waals surface area contributed by atoms with Gasteiger partial charge in [-0.3, -0.25) is 14.6 Å². The molecule has 1 amide bonds. The van der Waals surface area contributed by atoms with Crippen LogP contribution in [0, 0.1) is 13.8 Å². The molecule has 5 heteroatoms. The molecule has 3 rings (SSSR count). The molecule has 0 bridgehead atoms. The van der Waals surface area contributed by atoms with Gasteiger partial charge in [-0.25, -0.2) is 0 Å². The molecule has 5 nitrogen and oxygen atoms in total. The van der Waals surface area contributed by atoms with Crippen molar-refractivity contribution in [1.82, 2.24) is 15.1 Å². The molecule has 2 aromatic rings. The van der Waals surface area contributed by atoms with Crippen molar-refractivity contribution in [1.29, 1.82) is 0 Å². The van der Waals surface area contributed by atoms with E-state index in [9.17, 15) is 9.90 Å². The number of piperazine rings is 1. The Bertz CT molecular complexity index is 769. The Labute approximate surface area is 161 Å². The van der Waals surface area contributed by atoms with Crippen molar-refractivity contribution in [3.8, 4) is 5.75 Å². The largest absolute Gasteiger partial charge is 0.508 e. The van der Waals surface area contributed by atoms with Gasteiger partial charge < -0.3 is 10.4 Å². The molecule has 1 aliphatic rings. The van der Waals surface area contributed by atoms with E-state index in [1.165, 1.54) is 5.56 Å². The zero-order chi connectivity index (χ0) is 19.2. The van der Waals surface area contributed by atoms with Gasteiger partial charge in [0.25, 0.3) is 0 Å². The Balaban J connectivity index is 1.42. The van der Waals surface area contributed by atoms with Crippen molar-refractivity contribution in [2.24, 2.45) is 0 Å². The van der Waals surface area contributed by atoms with Crippen LogP contribution in [0.1, 0.15) is 22.3 Å². The maximum Gasteiger partial charge on any atom is 0.234 e. The van der Waals surface area contributed by atoms with Gasteiger partial charge in [0.1, 0.15) is 5.75 Å². The molecule has 1 saturated heterocycles. The maximum atomic E-state index is 12.2. The highest BCUT2D eigenvalue weighted by Crippen LogP contribution is 2.23. The number of phenolic OH excluding ortho intramolecular Hbond substituents is 1. The van der Waals surface area contributed by atoms with Crippen molar-refractivity contribution in [2.45, 2.75) is 26.9 Å². The van der Waals surface area contributed by atoms with Crippen LogP contribution in [-0.2, 0) is 17.9 Å². The molecule has 0 atom stereocenters. The number of nitrogens with zero attached hydrogens (tertiary/aromatic N) is 2. The fourth-order valence-corrected chi connectivity index (χ4v) is 3.39. The summed E-state index contributed by atoms with van der Waals surface area (Å²) in [7, 11) is 0. The number of aromatic hydroxyl groups is 1. The highest BCUT2D eigenvalue weighted by molar-refractivity contribution is 5.78. The summed E-state index contributed by atoms with van der Waals surface area (Å²) in [5, 5.41) is 13.2. The van der Waals surface area contributed by atoms with Gasteiger partial charge in [-0.05, 0) is 36.6 Å². The van der Waals surface area contributed by atoms with E-state index in [-0.39, 0.29) is 5.91 Å². The summed E-state index contributed by atoms with van der Waals surface area (Å²) in [5.74, 6) is 0.444. The lowest BCUT2D eigenvalue weighted by Crippen LogP contribution is -2.49. The number of benzene rings is 2. The topological polar surface area (TPSA) is 55.8 Å². The predicted octanol–water partition coefficient (Wildman–Crippen LogP) is 2.44. The minimum absolute atomic E-state index is 0.0686. The van der Waals surface area contributed by atoms with Crippen molar-refractivity contribution in [2.75, 3.05) is 32.7 Å². The molecule has 2 aromatic carbocycles. The summed E-state index contributed by atoms with van der Waals surface area (Å²) < 4.78 is 0. The molecule has 1 fully saturated rings. The van der Waals surface area contributed by atoms with E-state index in [2.05, 4.69) is 28.1 Å². The molecule has 0 saturated carbocycles. The lowest BCUT2D eigenvalue weighted by atomic mass is 10.0. The van der Waals surface area contributed by atoms with E-state index in [1.54, 1.807) is 0 Å². The monoisotopic (exact) mass is 367 g/mol. The molecule has 0 spiro atoms. The van der Waals surface area contributed by atoms with Crippen molar-refractivity contribution in [3.05, 3.63) is 64.7 Å². The Hall–Kier alpha value is -2.37. The number of hydrogen-bond donors (Lipinski definition) is 2. The van der Waals surface area contributed by atoms with Crippen LogP contribution in [0.25, 0.3) is 0 Å². The number of rotatable bonds is 6. The van der Waals surface area contributed by atoms with Crippen LogP contribution in [0.2, 0.25) is 0 Å². The fourth-order valence-electron chi connectivity index (χ4n) is 3.39. The molecular weight excluding hydrogens is 338 g/mol. The molecule has 1 aliphatic heterocycles. The van der Waals surface area contributed by atoms with E-state index in [0.717, 1.165) is 49.4 Å². The third-order valence-corrected chi connectivity index (χ3v) is 5.25. The first kappa shape index (κ1) is 19.4. The minimum atomic E-state index is 0.0686. The molecule has 0 aliphatic carbocycles. The van der Waals surface area contributed by atoms with Crippen molar-refractivity contribution < 1.29 is 9.90 Å². The van der Waals surface area contributed by atoms with E-state index in [4.69, 9.17) is 0 Å². The molecule has 144 valence electrons. The fraction of sp³-hybridized carbons (Fsp3) is 0.409. The summed E-state index contributed by atoms with van der Waals surface area (Å²) in [6.45, 7) is 9.39. The highest BCUT2D eigenvalue weighted by Gasteiger charge is 2.20. The van der Waals surface area contributed by atoms with Gasteiger partial charge in [-0.15, -0.1) is 0 Å². The van der Waals surface area contributed by atoms with Crippen molar-refractivity contribution in [3.63, 3.8) is 0 Å². The second kappa shape index (κ2) is 9.02. The molecule has 0 aromatic heterocycles. The Morgan fingerprint density at radius 2 is 1.63 bits per heavy atom. The number of aryl methyl sites for hydroxylation is 2. The summed E-state index contributed by atoms with van der Waals surface area (Å²) in [6.07, 6.45) is 0. The van der Waals surface area contributed by atoms with Crippen LogP contribution in [0.5, 0.6) is 5.75 Å². The quantitative estimate of drug-likeness (QED) is 0.823. The third kappa shape index (κ3) is 5.55. The average molecular weight is 367 g/mol. The van der Waals surface area contributed by atoms with E-state index in [1.807, 2.05) is 43.3 Å². The number of nitrogens with one attached hydrogen (secondary N) is 1. The lowest BCUT2D eigenvalue weighted by molar-refractivity contribution is -0.122. The average Bonchev–Trinajstić information content (AvgIpc) is 2.67. The van der Waals surface area contributed by atoms with Crippen LogP contribution < -0.4 is 5.32 Å². The Morgan fingerprint density at radius 1 is 1.00 bits per heavy atom.